The number of fused-ring (bicyclic) bond motifs is 2. The highest BCUT2D eigenvalue weighted by molar-refractivity contribution is 5.99. The molecule has 0 saturated heterocycles. The lowest BCUT2D eigenvalue weighted by Crippen LogP contribution is -2.03. The second-order valence-corrected chi connectivity index (χ2v) is 5.41. The summed E-state index contributed by atoms with van der Waals surface area (Å²) in [5, 5.41) is 4.01. The van der Waals surface area contributed by atoms with E-state index in [-0.39, 0.29) is 5.91 Å². The molecule has 3 aromatic rings. The van der Waals surface area contributed by atoms with E-state index in [0.717, 1.165) is 39.0 Å². The molecule has 0 unspecified atom stereocenters. The molecule has 0 fully saturated rings. The minimum atomic E-state index is 0.0615. The van der Waals surface area contributed by atoms with Crippen molar-refractivity contribution in [1.82, 2.24) is 4.98 Å². The zero-order chi connectivity index (χ0) is 14.4. The lowest BCUT2D eigenvalue weighted by molar-refractivity contribution is -0.115. The Bertz CT molecular complexity index is 864. The highest BCUT2D eigenvalue weighted by Gasteiger charge is 2.18. The van der Waals surface area contributed by atoms with E-state index in [1.165, 1.54) is 0 Å². The van der Waals surface area contributed by atoms with Crippen LogP contribution in [0.15, 0.2) is 42.5 Å². The molecule has 2 aromatic carbocycles. The number of nitrogens with one attached hydrogen (secondary N) is 2. The molecule has 0 saturated carbocycles. The first-order valence-electron chi connectivity index (χ1n) is 6.98. The molecule has 4 heteroatoms. The fourth-order valence-corrected chi connectivity index (χ4v) is 2.86. The smallest absolute Gasteiger partial charge is 0.228 e. The maximum atomic E-state index is 11.4. The highest BCUT2D eigenvalue weighted by atomic mass is 16.1. The lowest BCUT2D eigenvalue weighted by Gasteiger charge is -2.02. The average molecular weight is 277 g/mol. The maximum absolute atomic E-state index is 11.4. The molecule has 1 aromatic heterocycles. The van der Waals surface area contributed by atoms with Gasteiger partial charge < -0.3 is 16.0 Å². The summed E-state index contributed by atoms with van der Waals surface area (Å²) in [5.41, 5.74) is 12.0. The molecule has 4 nitrogen and oxygen atoms in total. The monoisotopic (exact) mass is 277 g/mol. The fourth-order valence-electron chi connectivity index (χ4n) is 2.86. The van der Waals surface area contributed by atoms with E-state index in [2.05, 4.69) is 34.6 Å². The van der Waals surface area contributed by atoms with Gasteiger partial charge in [0, 0.05) is 28.8 Å². The third-order valence-electron chi connectivity index (χ3n) is 3.96. The third kappa shape index (κ3) is 2.00. The van der Waals surface area contributed by atoms with Gasteiger partial charge in [0.1, 0.15) is 0 Å². The Morgan fingerprint density at radius 1 is 1.10 bits per heavy atom. The molecule has 0 bridgehead atoms. The minimum absolute atomic E-state index is 0.0615. The number of carbonyl (C=O) groups excluding carboxylic acids is 1. The van der Waals surface area contributed by atoms with E-state index in [1.54, 1.807) is 0 Å². The quantitative estimate of drug-likeness (QED) is 0.674. The van der Waals surface area contributed by atoms with Crippen LogP contribution < -0.4 is 11.1 Å². The van der Waals surface area contributed by atoms with Crippen molar-refractivity contribution in [3.63, 3.8) is 0 Å². The number of amides is 1. The van der Waals surface area contributed by atoms with Gasteiger partial charge in [-0.1, -0.05) is 12.1 Å². The van der Waals surface area contributed by atoms with Crippen molar-refractivity contribution in [1.29, 1.82) is 0 Å². The second kappa shape index (κ2) is 4.46. The number of H-pyrrole nitrogens is 1. The van der Waals surface area contributed by atoms with Gasteiger partial charge in [-0.25, -0.2) is 0 Å². The SMILES string of the molecule is NCc1ccc2[nH]c(-c3ccc4c(c3)CC(=O)N4)cc2c1. The van der Waals surface area contributed by atoms with Gasteiger partial charge in [0.05, 0.1) is 6.42 Å². The van der Waals surface area contributed by atoms with Gasteiger partial charge in [-0.3, -0.25) is 4.79 Å². The summed E-state index contributed by atoms with van der Waals surface area (Å²) in [6.45, 7) is 0.545. The topological polar surface area (TPSA) is 70.9 Å². The molecule has 0 spiro atoms. The highest BCUT2D eigenvalue weighted by Crippen LogP contribution is 2.30. The van der Waals surface area contributed by atoms with Crippen molar-refractivity contribution in [2.45, 2.75) is 13.0 Å². The number of carbonyl (C=O) groups is 1. The van der Waals surface area contributed by atoms with Crippen molar-refractivity contribution in [2.24, 2.45) is 5.73 Å². The molecule has 0 radical (unpaired) electrons. The average Bonchev–Trinajstić information content (AvgIpc) is 3.07. The first kappa shape index (κ1) is 12.2. The number of rotatable bonds is 2. The van der Waals surface area contributed by atoms with Crippen molar-refractivity contribution in [2.75, 3.05) is 5.32 Å². The Morgan fingerprint density at radius 3 is 2.86 bits per heavy atom. The molecule has 4 N–H and O–H groups in total. The van der Waals surface area contributed by atoms with Crippen LogP contribution in [0.4, 0.5) is 5.69 Å². The molecule has 1 amide bonds. The summed E-state index contributed by atoms with van der Waals surface area (Å²) in [6.07, 6.45) is 0.459. The number of benzene rings is 2. The molecule has 104 valence electrons. The van der Waals surface area contributed by atoms with Gasteiger partial charge in [0.2, 0.25) is 5.91 Å². The van der Waals surface area contributed by atoms with E-state index in [0.29, 0.717) is 13.0 Å². The second-order valence-electron chi connectivity index (χ2n) is 5.41. The van der Waals surface area contributed by atoms with Crippen LogP contribution in [0.3, 0.4) is 0 Å². The van der Waals surface area contributed by atoms with Gasteiger partial charge in [-0.15, -0.1) is 0 Å². The van der Waals surface area contributed by atoms with E-state index in [4.69, 9.17) is 5.73 Å². The van der Waals surface area contributed by atoms with Gasteiger partial charge in [0.25, 0.3) is 0 Å². The van der Waals surface area contributed by atoms with E-state index >= 15 is 0 Å². The largest absolute Gasteiger partial charge is 0.355 e. The lowest BCUT2D eigenvalue weighted by atomic mass is 10.1. The Hall–Kier alpha value is -2.59. The molecule has 1 aliphatic heterocycles. The van der Waals surface area contributed by atoms with Crippen LogP contribution in [0.25, 0.3) is 22.2 Å². The van der Waals surface area contributed by atoms with E-state index in [1.807, 2.05) is 18.2 Å². The van der Waals surface area contributed by atoms with Crippen LogP contribution in [0.5, 0.6) is 0 Å². The number of aromatic nitrogens is 1. The third-order valence-corrected chi connectivity index (χ3v) is 3.96. The normalized spacial score (nSPS) is 13.5. The molecule has 0 atom stereocenters. The summed E-state index contributed by atoms with van der Waals surface area (Å²) < 4.78 is 0. The summed E-state index contributed by atoms with van der Waals surface area (Å²) in [7, 11) is 0. The molecular formula is C17H15N3O. The van der Waals surface area contributed by atoms with Gasteiger partial charge in [0.15, 0.2) is 0 Å². The fraction of sp³-hybridized carbons (Fsp3) is 0.118. The van der Waals surface area contributed by atoms with Crippen LogP contribution in [-0.2, 0) is 17.8 Å². The summed E-state index contributed by atoms with van der Waals surface area (Å²) in [6, 6.07) is 14.4. The van der Waals surface area contributed by atoms with Crippen molar-refractivity contribution in [3.05, 3.63) is 53.6 Å². The van der Waals surface area contributed by atoms with Gasteiger partial charge in [-0.2, -0.15) is 0 Å². The number of hydrogen-bond acceptors (Lipinski definition) is 2. The number of aromatic amines is 1. The molecule has 1 aliphatic rings. The minimum Gasteiger partial charge on any atom is -0.355 e. The molecule has 2 heterocycles. The van der Waals surface area contributed by atoms with Crippen molar-refractivity contribution < 1.29 is 4.79 Å². The summed E-state index contributed by atoms with van der Waals surface area (Å²) >= 11 is 0. The first-order valence-corrected chi connectivity index (χ1v) is 6.98. The first-order chi connectivity index (χ1) is 10.2. The Balaban J connectivity index is 1.80. The number of hydrogen-bond donors (Lipinski definition) is 3. The van der Waals surface area contributed by atoms with Gasteiger partial charge in [-0.05, 0) is 47.0 Å². The predicted octanol–water partition coefficient (Wildman–Crippen LogP) is 2.79. The molecule has 0 aliphatic carbocycles. The van der Waals surface area contributed by atoms with E-state index in [9.17, 15) is 4.79 Å². The number of nitrogens with two attached hydrogens (primary N) is 1. The Labute approximate surface area is 122 Å². The van der Waals surface area contributed by atoms with Crippen LogP contribution in [0.2, 0.25) is 0 Å². The standard InChI is InChI=1S/C17H15N3O/c18-9-10-1-3-14-12(5-10)7-16(19-14)11-2-4-15-13(6-11)8-17(21)20-15/h1-7,19H,8-9,18H2,(H,20,21). The summed E-state index contributed by atoms with van der Waals surface area (Å²) in [4.78, 5) is 14.8. The van der Waals surface area contributed by atoms with Crippen LogP contribution in [0, 0.1) is 0 Å². The summed E-state index contributed by atoms with van der Waals surface area (Å²) in [5.74, 6) is 0.0615. The molecule has 4 rings (SSSR count). The molecular weight excluding hydrogens is 262 g/mol. The zero-order valence-electron chi connectivity index (χ0n) is 11.4. The van der Waals surface area contributed by atoms with Gasteiger partial charge >= 0.3 is 0 Å². The van der Waals surface area contributed by atoms with Crippen molar-refractivity contribution >= 4 is 22.5 Å². The van der Waals surface area contributed by atoms with Crippen molar-refractivity contribution in [3.8, 4) is 11.3 Å². The van der Waals surface area contributed by atoms with E-state index < -0.39 is 0 Å². The van der Waals surface area contributed by atoms with Crippen LogP contribution >= 0.6 is 0 Å². The molecule has 21 heavy (non-hydrogen) atoms. The maximum Gasteiger partial charge on any atom is 0.228 e. The van der Waals surface area contributed by atoms with Crippen LogP contribution in [-0.4, -0.2) is 10.9 Å². The Kier molecular flexibility index (Phi) is 2.59. The zero-order valence-corrected chi connectivity index (χ0v) is 11.4. The van der Waals surface area contributed by atoms with Crippen LogP contribution in [0.1, 0.15) is 11.1 Å². The predicted molar refractivity (Wildman–Crippen MR) is 84.0 cm³/mol. The Morgan fingerprint density at radius 2 is 2.00 bits per heavy atom. The number of anilines is 1.